The molecule has 0 saturated carbocycles. The van der Waals surface area contributed by atoms with Crippen LogP contribution in [0.25, 0.3) is 5.57 Å². The second-order valence-electron chi connectivity index (χ2n) is 5.69. The Hall–Kier alpha value is -3.41. The number of methoxy groups -OCH3 is 2. The van der Waals surface area contributed by atoms with E-state index < -0.39 is 0 Å². The number of hydrogen-bond acceptors (Lipinski definition) is 6. The van der Waals surface area contributed by atoms with Gasteiger partial charge in [-0.15, -0.1) is 15.0 Å². The van der Waals surface area contributed by atoms with Crippen molar-refractivity contribution in [3.63, 3.8) is 0 Å². The summed E-state index contributed by atoms with van der Waals surface area (Å²) in [6, 6.07) is 18.8. The first-order valence-electron chi connectivity index (χ1n) is 8.17. The summed E-state index contributed by atoms with van der Waals surface area (Å²) < 4.78 is 16.3. The van der Waals surface area contributed by atoms with Gasteiger partial charge in [-0.05, 0) is 16.7 Å². The average molecular weight is 347 g/mol. The summed E-state index contributed by atoms with van der Waals surface area (Å²) >= 11 is 0. The molecule has 0 unspecified atom stereocenters. The van der Waals surface area contributed by atoms with Gasteiger partial charge in [-0.25, -0.2) is 0 Å². The normalized spacial score (nSPS) is 12.7. The van der Waals surface area contributed by atoms with Crippen LogP contribution in [0.3, 0.4) is 0 Å². The number of aromatic nitrogens is 3. The Labute approximate surface area is 151 Å². The Balaban J connectivity index is 1.79. The molecule has 0 saturated heterocycles. The molecular weight excluding hydrogens is 330 g/mol. The van der Waals surface area contributed by atoms with E-state index in [0.717, 1.165) is 22.5 Å². The summed E-state index contributed by atoms with van der Waals surface area (Å²) in [5.74, 6) is 0.785. The lowest BCUT2D eigenvalue weighted by Gasteiger charge is -2.10. The maximum Gasteiger partial charge on any atom is 0.331 e. The highest BCUT2D eigenvalue weighted by atomic mass is 16.5. The van der Waals surface area contributed by atoms with Crippen molar-refractivity contribution in [2.45, 2.75) is 6.42 Å². The van der Waals surface area contributed by atoms with Gasteiger partial charge in [-0.3, -0.25) is 0 Å². The predicted octanol–water partition coefficient (Wildman–Crippen LogP) is 3.28. The van der Waals surface area contributed by atoms with Gasteiger partial charge in [-0.1, -0.05) is 54.6 Å². The molecule has 0 radical (unpaired) electrons. The molecule has 0 atom stereocenters. The molecule has 1 aliphatic rings. The number of fused-ring (bicyclic) bond motifs is 1. The third kappa shape index (κ3) is 2.97. The Bertz CT molecular complexity index is 949. The summed E-state index contributed by atoms with van der Waals surface area (Å²) in [5.41, 5.74) is 4.48. The van der Waals surface area contributed by atoms with Crippen LogP contribution in [0.1, 0.15) is 16.7 Å². The number of allylic oxidation sites excluding steroid dienone is 1. The van der Waals surface area contributed by atoms with Gasteiger partial charge in [0, 0.05) is 12.0 Å². The Kier molecular flexibility index (Phi) is 4.23. The third-order valence-electron chi connectivity index (χ3n) is 4.13. The number of ether oxygens (including phenoxy) is 3. The lowest BCUT2D eigenvalue weighted by atomic mass is 9.99. The van der Waals surface area contributed by atoms with Crippen LogP contribution in [0.2, 0.25) is 0 Å². The standard InChI is InChI=1S/C20H17N3O3/c1-24-18-21-19(25-2)23-20(22-18)26-16-12-14-10-6-7-11-15(14)17(16)13-8-4-3-5-9-13/h3-11H,12H2,1-2H3. The molecule has 3 aromatic rings. The second kappa shape index (κ2) is 6.84. The molecule has 6 nitrogen and oxygen atoms in total. The number of hydrogen-bond donors (Lipinski definition) is 0. The molecule has 1 heterocycles. The lowest BCUT2D eigenvalue weighted by Crippen LogP contribution is -2.05. The first-order valence-corrected chi connectivity index (χ1v) is 8.17. The van der Waals surface area contributed by atoms with Crippen molar-refractivity contribution in [1.82, 2.24) is 15.0 Å². The summed E-state index contributed by atoms with van der Waals surface area (Å²) in [6.07, 6.45) is 0.663. The van der Waals surface area contributed by atoms with Crippen molar-refractivity contribution >= 4 is 5.57 Å². The predicted molar refractivity (Wildman–Crippen MR) is 96.2 cm³/mol. The molecule has 0 amide bonds. The summed E-state index contributed by atoms with van der Waals surface area (Å²) in [6.45, 7) is 0. The van der Waals surface area contributed by atoms with Gasteiger partial charge in [0.1, 0.15) is 5.76 Å². The molecule has 0 bridgehead atoms. The number of nitrogens with zero attached hydrogens (tertiary/aromatic N) is 3. The molecular formula is C20H17N3O3. The first kappa shape index (κ1) is 16.1. The van der Waals surface area contributed by atoms with Gasteiger partial charge in [0.25, 0.3) is 0 Å². The zero-order valence-corrected chi connectivity index (χ0v) is 14.5. The molecule has 0 N–H and O–H groups in total. The van der Waals surface area contributed by atoms with Crippen molar-refractivity contribution in [3.05, 3.63) is 77.0 Å². The molecule has 2 aromatic carbocycles. The minimum absolute atomic E-state index is 0.143. The molecule has 1 aliphatic carbocycles. The molecule has 0 spiro atoms. The minimum Gasteiger partial charge on any atom is -0.467 e. The van der Waals surface area contributed by atoms with Gasteiger partial charge in [0.05, 0.1) is 14.2 Å². The van der Waals surface area contributed by atoms with Crippen molar-refractivity contribution < 1.29 is 14.2 Å². The quantitative estimate of drug-likeness (QED) is 0.706. The van der Waals surface area contributed by atoms with E-state index in [9.17, 15) is 0 Å². The van der Waals surface area contributed by atoms with E-state index in [4.69, 9.17) is 14.2 Å². The fourth-order valence-electron chi connectivity index (χ4n) is 3.00. The molecule has 26 heavy (non-hydrogen) atoms. The van der Waals surface area contributed by atoms with E-state index >= 15 is 0 Å². The number of benzene rings is 2. The van der Waals surface area contributed by atoms with Crippen LogP contribution in [0, 0.1) is 0 Å². The van der Waals surface area contributed by atoms with Gasteiger partial charge in [0.2, 0.25) is 0 Å². The Morgan fingerprint density at radius 3 is 2.04 bits per heavy atom. The van der Waals surface area contributed by atoms with Gasteiger partial charge in [0.15, 0.2) is 0 Å². The molecule has 0 fully saturated rings. The van der Waals surface area contributed by atoms with Crippen molar-refractivity contribution in [2.24, 2.45) is 0 Å². The van der Waals surface area contributed by atoms with Crippen LogP contribution >= 0.6 is 0 Å². The monoisotopic (exact) mass is 347 g/mol. The maximum atomic E-state index is 6.07. The van der Waals surface area contributed by atoms with Gasteiger partial charge in [-0.2, -0.15) is 0 Å². The summed E-state index contributed by atoms with van der Waals surface area (Å²) in [4.78, 5) is 12.3. The molecule has 0 aliphatic heterocycles. The zero-order valence-electron chi connectivity index (χ0n) is 14.5. The highest BCUT2D eigenvalue weighted by Gasteiger charge is 2.25. The lowest BCUT2D eigenvalue weighted by molar-refractivity contribution is 0.310. The topological polar surface area (TPSA) is 66.4 Å². The Morgan fingerprint density at radius 1 is 0.731 bits per heavy atom. The van der Waals surface area contributed by atoms with E-state index in [1.165, 1.54) is 19.8 Å². The fourth-order valence-corrected chi connectivity index (χ4v) is 3.00. The largest absolute Gasteiger partial charge is 0.467 e. The third-order valence-corrected chi connectivity index (χ3v) is 4.13. The van der Waals surface area contributed by atoms with E-state index in [1.54, 1.807) is 0 Å². The fraction of sp³-hybridized carbons (Fsp3) is 0.150. The van der Waals surface area contributed by atoms with Crippen LogP contribution in [-0.2, 0) is 6.42 Å². The van der Waals surface area contributed by atoms with Gasteiger partial charge >= 0.3 is 18.0 Å². The highest BCUT2D eigenvalue weighted by Crippen LogP contribution is 2.38. The van der Waals surface area contributed by atoms with Gasteiger partial charge < -0.3 is 14.2 Å². The minimum atomic E-state index is 0.143. The summed E-state index contributed by atoms with van der Waals surface area (Å²) in [5, 5.41) is 0. The maximum absolute atomic E-state index is 6.07. The zero-order chi connectivity index (χ0) is 17.9. The second-order valence-corrected chi connectivity index (χ2v) is 5.69. The molecule has 4 rings (SSSR count). The molecule has 130 valence electrons. The average Bonchev–Trinajstić information content (AvgIpc) is 3.06. The van der Waals surface area contributed by atoms with Crippen molar-refractivity contribution in [1.29, 1.82) is 0 Å². The Morgan fingerprint density at radius 2 is 1.35 bits per heavy atom. The van der Waals surface area contributed by atoms with E-state index in [0.29, 0.717) is 6.42 Å². The van der Waals surface area contributed by atoms with E-state index in [1.807, 2.05) is 30.3 Å². The van der Waals surface area contributed by atoms with Crippen LogP contribution in [0.4, 0.5) is 0 Å². The smallest absolute Gasteiger partial charge is 0.331 e. The molecule has 1 aromatic heterocycles. The van der Waals surface area contributed by atoms with Crippen molar-refractivity contribution in [3.8, 4) is 18.0 Å². The first-order chi connectivity index (χ1) is 12.8. The summed E-state index contributed by atoms with van der Waals surface area (Å²) in [7, 11) is 2.97. The highest BCUT2D eigenvalue weighted by molar-refractivity contribution is 5.86. The number of rotatable bonds is 5. The van der Waals surface area contributed by atoms with E-state index in [-0.39, 0.29) is 18.0 Å². The van der Waals surface area contributed by atoms with Crippen LogP contribution in [0.5, 0.6) is 18.0 Å². The SMILES string of the molecule is COc1nc(OC)nc(OC2=C(c3ccccc3)c3ccccc3C2)n1. The van der Waals surface area contributed by atoms with Crippen molar-refractivity contribution in [2.75, 3.05) is 14.2 Å². The van der Waals surface area contributed by atoms with E-state index in [2.05, 4.69) is 39.2 Å². The molecule has 6 heteroatoms. The van der Waals surface area contributed by atoms with Crippen LogP contribution in [-0.4, -0.2) is 29.2 Å². The van der Waals surface area contributed by atoms with Crippen LogP contribution in [0.15, 0.2) is 60.4 Å². The van der Waals surface area contributed by atoms with Crippen LogP contribution < -0.4 is 14.2 Å².